The predicted octanol–water partition coefficient (Wildman–Crippen LogP) is 3.34. The van der Waals surface area contributed by atoms with Gasteiger partial charge in [-0.1, -0.05) is 44.2 Å². The maximum atomic E-state index is 12.6. The molecule has 0 amide bonds. The van der Waals surface area contributed by atoms with Gasteiger partial charge in [-0.15, -0.1) is 0 Å². The molecule has 1 aliphatic rings. The molecule has 1 unspecified atom stereocenters. The molecule has 1 aromatic carbocycles. The second-order valence-corrected chi connectivity index (χ2v) is 5.51. The van der Waals surface area contributed by atoms with E-state index in [-0.39, 0.29) is 12.2 Å². The molecule has 1 aromatic rings. The van der Waals surface area contributed by atoms with Crippen LogP contribution < -0.4 is 5.32 Å². The fraction of sp³-hybridized carbons (Fsp3) is 0.368. The van der Waals surface area contributed by atoms with Crippen molar-refractivity contribution in [1.82, 2.24) is 5.32 Å². The zero-order valence-corrected chi connectivity index (χ0v) is 14.3. The van der Waals surface area contributed by atoms with Crippen LogP contribution in [-0.2, 0) is 14.3 Å². The summed E-state index contributed by atoms with van der Waals surface area (Å²) in [7, 11) is 0. The SMILES string of the molecule is CCOC(=O)C1=C(c2ccccc2)NC(CC)=C(C(=O)O)C1CC. The van der Waals surface area contributed by atoms with Gasteiger partial charge in [0, 0.05) is 11.6 Å². The van der Waals surface area contributed by atoms with Crippen molar-refractivity contribution in [3.05, 3.63) is 52.7 Å². The molecule has 0 saturated carbocycles. The quantitative estimate of drug-likeness (QED) is 0.783. The third-order valence-corrected chi connectivity index (χ3v) is 4.12. The van der Waals surface area contributed by atoms with Gasteiger partial charge >= 0.3 is 11.9 Å². The van der Waals surface area contributed by atoms with E-state index >= 15 is 0 Å². The molecule has 5 nitrogen and oxygen atoms in total. The number of benzene rings is 1. The Kier molecular flexibility index (Phi) is 5.79. The molecule has 5 heteroatoms. The molecule has 0 saturated heterocycles. The van der Waals surface area contributed by atoms with Crippen LogP contribution in [0.3, 0.4) is 0 Å². The van der Waals surface area contributed by atoms with E-state index in [4.69, 9.17) is 4.74 Å². The highest BCUT2D eigenvalue weighted by Gasteiger charge is 2.37. The average Bonchev–Trinajstić information content (AvgIpc) is 2.60. The van der Waals surface area contributed by atoms with Crippen LogP contribution in [0.4, 0.5) is 0 Å². The molecule has 2 N–H and O–H groups in total. The monoisotopic (exact) mass is 329 g/mol. The summed E-state index contributed by atoms with van der Waals surface area (Å²) in [5.41, 5.74) is 2.77. The zero-order chi connectivity index (χ0) is 17.7. The lowest BCUT2D eigenvalue weighted by molar-refractivity contribution is -0.139. The van der Waals surface area contributed by atoms with Gasteiger partial charge in [0.1, 0.15) is 0 Å². The van der Waals surface area contributed by atoms with Crippen LogP contribution in [-0.4, -0.2) is 23.7 Å². The number of aliphatic carboxylic acids is 1. The van der Waals surface area contributed by atoms with Crippen molar-refractivity contribution in [3.8, 4) is 0 Å². The van der Waals surface area contributed by atoms with Crippen molar-refractivity contribution in [2.24, 2.45) is 5.92 Å². The predicted molar refractivity (Wildman–Crippen MR) is 91.9 cm³/mol. The molecule has 24 heavy (non-hydrogen) atoms. The molecule has 0 aliphatic carbocycles. The van der Waals surface area contributed by atoms with Gasteiger partial charge in [-0.05, 0) is 25.3 Å². The average molecular weight is 329 g/mol. The number of carboxylic acid groups (broad SMARTS) is 1. The summed E-state index contributed by atoms with van der Waals surface area (Å²) in [6.45, 7) is 5.76. The van der Waals surface area contributed by atoms with E-state index in [1.807, 2.05) is 44.2 Å². The third kappa shape index (κ3) is 3.35. The fourth-order valence-electron chi connectivity index (χ4n) is 3.07. The Balaban J connectivity index is 2.66. The minimum absolute atomic E-state index is 0.244. The fourth-order valence-corrected chi connectivity index (χ4v) is 3.07. The summed E-state index contributed by atoms with van der Waals surface area (Å²) in [6.07, 6.45) is 1.06. The highest BCUT2D eigenvalue weighted by molar-refractivity contribution is 6.03. The van der Waals surface area contributed by atoms with Crippen molar-refractivity contribution in [2.75, 3.05) is 6.61 Å². The molecule has 0 bridgehead atoms. The largest absolute Gasteiger partial charge is 0.478 e. The van der Waals surface area contributed by atoms with Crippen LogP contribution in [0.15, 0.2) is 47.2 Å². The van der Waals surface area contributed by atoms with Crippen molar-refractivity contribution >= 4 is 17.6 Å². The molecule has 0 radical (unpaired) electrons. The number of hydrogen-bond acceptors (Lipinski definition) is 4. The smallest absolute Gasteiger partial charge is 0.336 e. The lowest BCUT2D eigenvalue weighted by Gasteiger charge is -2.31. The molecule has 1 heterocycles. The number of carbonyl (C=O) groups is 2. The highest BCUT2D eigenvalue weighted by Crippen LogP contribution is 2.37. The van der Waals surface area contributed by atoms with Crippen molar-refractivity contribution in [2.45, 2.75) is 33.6 Å². The van der Waals surface area contributed by atoms with Crippen LogP contribution in [0, 0.1) is 5.92 Å². The summed E-state index contributed by atoms with van der Waals surface area (Å²) < 4.78 is 5.21. The number of esters is 1. The Hall–Kier alpha value is -2.56. The van der Waals surface area contributed by atoms with E-state index in [1.165, 1.54) is 0 Å². The van der Waals surface area contributed by atoms with E-state index < -0.39 is 17.9 Å². The maximum Gasteiger partial charge on any atom is 0.336 e. The van der Waals surface area contributed by atoms with E-state index in [0.29, 0.717) is 29.8 Å². The molecular formula is C19H23NO4. The number of dihydropyridines is 1. The van der Waals surface area contributed by atoms with Crippen molar-refractivity contribution in [1.29, 1.82) is 0 Å². The minimum Gasteiger partial charge on any atom is -0.478 e. The lowest BCUT2D eigenvalue weighted by Crippen LogP contribution is -2.33. The van der Waals surface area contributed by atoms with Crippen LogP contribution in [0.1, 0.15) is 39.2 Å². The molecule has 2 rings (SSSR count). The van der Waals surface area contributed by atoms with Gasteiger partial charge in [-0.25, -0.2) is 9.59 Å². The second-order valence-electron chi connectivity index (χ2n) is 5.51. The highest BCUT2D eigenvalue weighted by atomic mass is 16.5. The summed E-state index contributed by atoms with van der Waals surface area (Å²) >= 11 is 0. The number of ether oxygens (including phenoxy) is 1. The minimum atomic E-state index is -1.000. The van der Waals surface area contributed by atoms with E-state index in [1.54, 1.807) is 6.92 Å². The van der Waals surface area contributed by atoms with Gasteiger partial charge in [-0.3, -0.25) is 0 Å². The maximum absolute atomic E-state index is 12.6. The third-order valence-electron chi connectivity index (χ3n) is 4.12. The van der Waals surface area contributed by atoms with E-state index in [9.17, 15) is 14.7 Å². The molecule has 1 atom stereocenters. The van der Waals surface area contributed by atoms with Gasteiger partial charge in [0.25, 0.3) is 0 Å². The molecule has 128 valence electrons. The normalized spacial score (nSPS) is 17.5. The lowest BCUT2D eigenvalue weighted by atomic mass is 9.81. The first kappa shape index (κ1) is 17.8. The van der Waals surface area contributed by atoms with Crippen molar-refractivity contribution in [3.63, 3.8) is 0 Å². The summed E-state index contributed by atoms with van der Waals surface area (Å²) in [4.78, 5) is 24.4. The van der Waals surface area contributed by atoms with E-state index in [2.05, 4.69) is 5.32 Å². The summed E-state index contributed by atoms with van der Waals surface area (Å²) in [5, 5.41) is 12.8. The standard InChI is InChI=1S/C19H23NO4/c1-4-13-15(18(21)22)14(5-2)20-17(12-10-8-7-9-11-12)16(13)19(23)24-6-3/h7-11,13,20H,4-6H2,1-3H3,(H,21,22). The molecule has 1 aliphatic heterocycles. The topological polar surface area (TPSA) is 75.6 Å². The van der Waals surface area contributed by atoms with Gasteiger partial charge in [-0.2, -0.15) is 0 Å². The van der Waals surface area contributed by atoms with Gasteiger partial charge in [0.2, 0.25) is 0 Å². The second kappa shape index (κ2) is 7.81. The molecule has 0 fully saturated rings. The molecule has 0 spiro atoms. The zero-order valence-electron chi connectivity index (χ0n) is 14.3. The number of carboxylic acids is 1. The number of rotatable bonds is 6. The van der Waals surface area contributed by atoms with Crippen LogP contribution >= 0.6 is 0 Å². The Morgan fingerprint density at radius 2 is 1.79 bits per heavy atom. The first-order valence-electron chi connectivity index (χ1n) is 8.25. The van der Waals surface area contributed by atoms with Gasteiger partial charge < -0.3 is 15.2 Å². The first-order chi connectivity index (χ1) is 11.5. The van der Waals surface area contributed by atoms with Crippen molar-refractivity contribution < 1.29 is 19.4 Å². The van der Waals surface area contributed by atoms with Gasteiger partial charge in [0.15, 0.2) is 0 Å². The number of hydrogen-bond donors (Lipinski definition) is 2. The van der Waals surface area contributed by atoms with Crippen LogP contribution in [0.5, 0.6) is 0 Å². The summed E-state index contributed by atoms with van der Waals surface area (Å²) in [5.74, 6) is -1.96. The Morgan fingerprint density at radius 3 is 2.29 bits per heavy atom. The van der Waals surface area contributed by atoms with Crippen LogP contribution in [0.2, 0.25) is 0 Å². The van der Waals surface area contributed by atoms with Gasteiger partial charge in [0.05, 0.1) is 23.5 Å². The summed E-state index contributed by atoms with van der Waals surface area (Å²) in [6, 6.07) is 9.46. The van der Waals surface area contributed by atoms with Crippen LogP contribution in [0.25, 0.3) is 5.70 Å². The Bertz CT molecular complexity index is 689. The Morgan fingerprint density at radius 1 is 1.12 bits per heavy atom. The van der Waals surface area contributed by atoms with E-state index in [0.717, 1.165) is 5.56 Å². The number of nitrogens with one attached hydrogen (secondary N) is 1. The molecular weight excluding hydrogens is 306 g/mol. The number of carbonyl (C=O) groups excluding carboxylic acids is 1. The first-order valence-corrected chi connectivity index (χ1v) is 8.25. The molecule has 0 aromatic heterocycles. The number of allylic oxidation sites excluding steroid dienone is 1. The Labute approximate surface area is 142 Å².